The summed E-state index contributed by atoms with van der Waals surface area (Å²) in [5.41, 5.74) is 2.61. The second kappa shape index (κ2) is 10.6. The van der Waals surface area contributed by atoms with Gasteiger partial charge in [-0.3, -0.25) is 0 Å². The summed E-state index contributed by atoms with van der Waals surface area (Å²) in [5, 5.41) is 0. The predicted octanol–water partition coefficient (Wildman–Crippen LogP) is 3.68. The molecular weight excluding hydrogens is 697 g/mol. The normalized spacial score (nSPS) is 20.1. The van der Waals surface area contributed by atoms with Crippen molar-refractivity contribution in [1.29, 1.82) is 0 Å². The van der Waals surface area contributed by atoms with Crippen molar-refractivity contribution in [1.82, 2.24) is 19.9 Å². The van der Waals surface area contributed by atoms with Gasteiger partial charge in [-0.25, -0.2) is 19.2 Å². The minimum atomic E-state index is -0.680. The van der Waals surface area contributed by atoms with E-state index in [1.165, 1.54) is 36.8 Å². The number of halogens is 1. The van der Waals surface area contributed by atoms with Gasteiger partial charge in [-0.05, 0) is 18.2 Å². The summed E-state index contributed by atoms with van der Waals surface area (Å²) in [7, 11) is 1.24. The molecule has 0 bridgehead atoms. The summed E-state index contributed by atoms with van der Waals surface area (Å²) in [4.78, 5) is 30.0. The number of nitrogens with zero attached hydrogens (tertiary/aromatic N) is 5. The second-order valence-corrected chi connectivity index (χ2v) is 11.7. The number of fused-ring (bicyclic) bond motifs is 1. The summed E-state index contributed by atoms with van der Waals surface area (Å²) >= 11 is 1.15. The topological polar surface area (TPSA) is 89.9 Å². The van der Waals surface area contributed by atoms with Gasteiger partial charge in [0.1, 0.15) is 23.5 Å². The zero-order valence-electron chi connectivity index (χ0n) is 21.9. The average molecular weight is 726 g/mol. The van der Waals surface area contributed by atoms with E-state index in [0.717, 1.165) is 80.6 Å². The Bertz CT molecular complexity index is 1390. The van der Waals surface area contributed by atoms with Gasteiger partial charge in [-0.2, -0.15) is 0 Å². The fraction of sp³-hybridized carbons (Fsp3) is 0.429. The summed E-state index contributed by atoms with van der Waals surface area (Å²) in [6, 6.07) is 6.09. The molecule has 2 aromatic heterocycles. The van der Waals surface area contributed by atoms with Gasteiger partial charge >= 0.3 is 154 Å². The standard InChI is InChI=1S/C28H29FN5O4.Pb/c1-17-25-21(7-9-33(17)2)31-8-6-23(25)37-19-11-28(12-19)14-34(15-28)26-24(13-30-16-32-26)38-22-5-4-18(29)10-20(22)27(35)36-3;/h4-6,8,10,13,16-17,19H,2,7,9,11-12,14-15H2,1,3H3;. The van der Waals surface area contributed by atoms with Gasteiger partial charge in [-0.15, -0.1) is 0 Å². The summed E-state index contributed by atoms with van der Waals surface area (Å²) in [5.74, 6) is 0.976. The zero-order valence-corrected chi connectivity index (χ0v) is 25.8. The van der Waals surface area contributed by atoms with Gasteiger partial charge in [0.2, 0.25) is 0 Å². The molecule has 39 heavy (non-hydrogen) atoms. The monoisotopic (exact) mass is 726 g/mol. The van der Waals surface area contributed by atoms with Crippen molar-refractivity contribution in [3.05, 3.63) is 65.6 Å². The average Bonchev–Trinajstić information content (AvgIpc) is 2.90. The SMILES string of the molecule is COC(=O)c1cc(F)ccc1Oc1cncnc1N1CC2(CC(Oc3ccnc4c3C(C)N([CH2][Pb])CC4)C2)C1. The number of esters is 1. The van der Waals surface area contributed by atoms with E-state index in [9.17, 15) is 9.18 Å². The summed E-state index contributed by atoms with van der Waals surface area (Å²) in [6.45, 7) is 4.98. The zero-order chi connectivity index (χ0) is 27.1. The number of rotatable bonds is 7. The fourth-order valence-electron chi connectivity index (χ4n) is 6.03. The van der Waals surface area contributed by atoms with Gasteiger partial charge in [0.05, 0.1) is 13.3 Å². The first-order chi connectivity index (χ1) is 18.9. The van der Waals surface area contributed by atoms with E-state index < -0.39 is 11.8 Å². The Morgan fingerprint density at radius 3 is 2.77 bits per heavy atom. The Hall–Kier alpha value is -2.87. The van der Waals surface area contributed by atoms with Crippen LogP contribution in [0.4, 0.5) is 10.2 Å². The number of methoxy groups -OCH3 is 1. The molecule has 3 aliphatic rings. The number of ether oxygens (including phenoxy) is 3. The third-order valence-electron chi connectivity index (χ3n) is 8.03. The van der Waals surface area contributed by atoms with E-state index in [4.69, 9.17) is 14.2 Å². The van der Waals surface area contributed by atoms with Gasteiger partial charge in [0.25, 0.3) is 0 Å². The predicted molar refractivity (Wildman–Crippen MR) is 142 cm³/mol. The number of hydrogen-bond donors (Lipinski definition) is 0. The van der Waals surface area contributed by atoms with E-state index in [2.05, 4.69) is 31.7 Å². The molecule has 1 spiro atoms. The summed E-state index contributed by atoms with van der Waals surface area (Å²) < 4.78 is 32.3. The van der Waals surface area contributed by atoms with Crippen molar-refractivity contribution in [2.45, 2.75) is 38.3 Å². The molecule has 11 heteroatoms. The minimum absolute atomic E-state index is 0.00289. The fourth-order valence-corrected chi connectivity index (χ4v) is 7.71. The first-order valence-electron chi connectivity index (χ1n) is 13.0. The van der Waals surface area contributed by atoms with Crippen LogP contribution in [0.1, 0.15) is 47.4 Å². The molecule has 9 nitrogen and oxygen atoms in total. The maximum absolute atomic E-state index is 13.8. The second-order valence-electron chi connectivity index (χ2n) is 10.5. The molecule has 1 saturated heterocycles. The number of aromatic nitrogens is 3. The van der Waals surface area contributed by atoms with Crippen LogP contribution in [0.2, 0.25) is 0 Å². The maximum atomic E-state index is 13.8. The van der Waals surface area contributed by atoms with Crippen molar-refractivity contribution in [3.8, 4) is 17.2 Å². The molecule has 6 rings (SSSR count). The molecule has 201 valence electrons. The van der Waals surface area contributed by atoms with E-state index in [1.807, 2.05) is 12.3 Å². The van der Waals surface area contributed by atoms with E-state index >= 15 is 0 Å². The Morgan fingerprint density at radius 2 is 2.00 bits per heavy atom. The number of benzene rings is 1. The molecule has 2 fully saturated rings. The van der Waals surface area contributed by atoms with Crippen molar-refractivity contribution in [2.24, 2.45) is 5.41 Å². The Labute approximate surface area is 242 Å². The first kappa shape index (κ1) is 26.4. The molecule has 1 aliphatic carbocycles. The van der Waals surface area contributed by atoms with Gasteiger partial charge in [-0.1, -0.05) is 0 Å². The van der Waals surface area contributed by atoms with E-state index in [0.29, 0.717) is 17.6 Å². The number of carbonyl (C=O) groups excluding carboxylic acids is 1. The van der Waals surface area contributed by atoms with Crippen molar-refractivity contribution >= 4 is 37.6 Å². The molecule has 1 unspecified atom stereocenters. The molecule has 4 heterocycles. The van der Waals surface area contributed by atoms with Crippen LogP contribution >= 0.6 is 0 Å². The van der Waals surface area contributed by atoms with Crippen LogP contribution in [0.3, 0.4) is 0 Å². The number of carbonyl (C=O) groups is 1. The van der Waals surface area contributed by atoms with Crippen LogP contribution in [-0.2, 0) is 11.2 Å². The van der Waals surface area contributed by atoms with Crippen LogP contribution in [0.5, 0.6) is 17.2 Å². The van der Waals surface area contributed by atoms with Crippen LogP contribution in [0, 0.1) is 11.2 Å². The Morgan fingerprint density at radius 1 is 1.18 bits per heavy atom. The molecule has 3 radical (unpaired) electrons. The van der Waals surface area contributed by atoms with Crippen LogP contribution < -0.4 is 14.4 Å². The number of anilines is 1. The third kappa shape index (κ3) is 4.97. The molecule has 3 aromatic rings. The molecule has 0 amide bonds. The number of hydrogen-bond acceptors (Lipinski definition) is 9. The Balaban J connectivity index is 1.11. The molecule has 1 atom stereocenters. The Kier molecular flexibility index (Phi) is 7.17. The molecule has 1 aromatic carbocycles. The van der Waals surface area contributed by atoms with Crippen molar-refractivity contribution in [2.75, 3.05) is 35.7 Å². The van der Waals surface area contributed by atoms with Crippen molar-refractivity contribution in [3.63, 3.8) is 0 Å². The third-order valence-corrected chi connectivity index (χ3v) is 9.61. The number of pyridine rings is 1. The van der Waals surface area contributed by atoms with Gasteiger partial charge < -0.3 is 9.47 Å². The molecule has 2 aliphatic heterocycles. The van der Waals surface area contributed by atoms with E-state index in [1.54, 1.807) is 6.20 Å². The quantitative estimate of drug-likeness (QED) is 0.268. The van der Waals surface area contributed by atoms with Crippen LogP contribution in [-0.4, -0.2) is 88.5 Å². The van der Waals surface area contributed by atoms with Gasteiger partial charge in [0, 0.05) is 0 Å². The van der Waals surface area contributed by atoms with Gasteiger partial charge in [0.15, 0.2) is 5.75 Å². The molecule has 0 N–H and O–H groups in total. The molecule has 1 saturated carbocycles. The first-order valence-corrected chi connectivity index (χ1v) is 15.8. The van der Waals surface area contributed by atoms with Crippen LogP contribution in [0.15, 0.2) is 43.0 Å². The van der Waals surface area contributed by atoms with Crippen LogP contribution in [0.25, 0.3) is 0 Å². The van der Waals surface area contributed by atoms with E-state index in [-0.39, 0.29) is 22.8 Å². The molecular formula is C28H29FN5O4Pb. The summed E-state index contributed by atoms with van der Waals surface area (Å²) in [6.07, 6.45) is 8.02. The van der Waals surface area contributed by atoms with Crippen molar-refractivity contribution < 1.29 is 23.4 Å².